The van der Waals surface area contributed by atoms with E-state index >= 15 is 0 Å². The molecule has 2 N–H and O–H groups in total. The van der Waals surface area contributed by atoms with Gasteiger partial charge in [0.1, 0.15) is 5.58 Å². The number of benzene rings is 1. The van der Waals surface area contributed by atoms with E-state index in [4.69, 9.17) is 10.2 Å². The summed E-state index contributed by atoms with van der Waals surface area (Å²) in [5.74, 6) is 1.10. The molecule has 0 bridgehead atoms. The molecule has 4 rings (SSSR count). The molecule has 1 aromatic carbocycles. The number of amides is 1. The number of furan rings is 1. The third-order valence-electron chi connectivity index (χ3n) is 4.88. The average Bonchev–Trinajstić information content (AvgIpc) is 3.29. The van der Waals surface area contributed by atoms with Crippen LogP contribution in [0, 0.1) is 11.3 Å². The number of carbonyl (C=O) groups excluding carboxylic acids is 1. The second-order valence-corrected chi connectivity index (χ2v) is 6.13. The van der Waals surface area contributed by atoms with Crippen LogP contribution in [0.2, 0.25) is 0 Å². The average molecular weight is 255 g/mol. The van der Waals surface area contributed by atoms with Crippen molar-refractivity contribution in [3.05, 3.63) is 36.1 Å². The number of primary amides is 1. The van der Waals surface area contributed by atoms with Gasteiger partial charge in [0.05, 0.1) is 6.26 Å². The minimum Gasteiger partial charge on any atom is -0.464 e. The maximum atomic E-state index is 11.5. The van der Waals surface area contributed by atoms with Gasteiger partial charge in [-0.25, -0.2) is 0 Å². The van der Waals surface area contributed by atoms with E-state index in [1.54, 1.807) is 6.26 Å². The van der Waals surface area contributed by atoms with E-state index in [1.807, 2.05) is 12.1 Å². The second-order valence-electron chi connectivity index (χ2n) is 6.13. The summed E-state index contributed by atoms with van der Waals surface area (Å²) in [5.41, 5.74) is 7.68. The van der Waals surface area contributed by atoms with Crippen LogP contribution in [0.15, 0.2) is 34.9 Å². The van der Waals surface area contributed by atoms with Gasteiger partial charge in [-0.15, -0.1) is 0 Å². The standard InChI is InChI=1S/C16H17NO2/c17-15(18)16(5-6-16)9-10-8-13(10)11-2-1-3-14-12(11)4-7-19-14/h1-4,7,10,13H,5-6,8-9H2,(H2,17,18). The number of carbonyl (C=O) groups is 1. The molecular formula is C16H17NO2. The lowest BCUT2D eigenvalue weighted by Crippen LogP contribution is -2.25. The Balaban J connectivity index is 1.56. The SMILES string of the molecule is NC(=O)C1(CC2CC2c2cccc3occc23)CC1. The molecule has 2 fully saturated rings. The molecule has 98 valence electrons. The van der Waals surface area contributed by atoms with Gasteiger partial charge in [-0.2, -0.15) is 0 Å². The zero-order valence-electron chi connectivity index (χ0n) is 10.8. The predicted molar refractivity (Wildman–Crippen MR) is 72.5 cm³/mol. The Hall–Kier alpha value is -1.77. The summed E-state index contributed by atoms with van der Waals surface area (Å²) in [6, 6.07) is 8.28. The van der Waals surface area contributed by atoms with E-state index in [0.29, 0.717) is 11.8 Å². The van der Waals surface area contributed by atoms with Crippen molar-refractivity contribution in [3.8, 4) is 0 Å². The molecule has 19 heavy (non-hydrogen) atoms. The van der Waals surface area contributed by atoms with Crippen LogP contribution in [-0.2, 0) is 4.79 Å². The van der Waals surface area contributed by atoms with Crippen LogP contribution >= 0.6 is 0 Å². The van der Waals surface area contributed by atoms with Gasteiger partial charge in [0.25, 0.3) is 0 Å². The fraction of sp³-hybridized carbons (Fsp3) is 0.438. The van der Waals surface area contributed by atoms with Crippen molar-refractivity contribution in [2.45, 2.75) is 31.6 Å². The fourth-order valence-corrected chi connectivity index (χ4v) is 3.40. The Morgan fingerprint density at radius 2 is 2.21 bits per heavy atom. The fourth-order valence-electron chi connectivity index (χ4n) is 3.40. The maximum absolute atomic E-state index is 11.5. The quantitative estimate of drug-likeness (QED) is 0.912. The molecule has 2 atom stereocenters. The van der Waals surface area contributed by atoms with Gasteiger partial charge in [-0.05, 0) is 55.2 Å². The van der Waals surface area contributed by atoms with Crippen molar-refractivity contribution in [2.24, 2.45) is 17.1 Å². The van der Waals surface area contributed by atoms with E-state index in [0.717, 1.165) is 24.8 Å². The third kappa shape index (κ3) is 1.68. The first-order chi connectivity index (χ1) is 9.20. The monoisotopic (exact) mass is 255 g/mol. The first-order valence-corrected chi connectivity index (χ1v) is 6.96. The molecule has 3 heteroatoms. The van der Waals surface area contributed by atoms with E-state index in [-0.39, 0.29) is 11.3 Å². The molecule has 2 unspecified atom stereocenters. The molecule has 2 aliphatic carbocycles. The van der Waals surface area contributed by atoms with Gasteiger partial charge in [0.2, 0.25) is 5.91 Å². The van der Waals surface area contributed by atoms with Crippen molar-refractivity contribution < 1.29 is 9.21 Å². The van der Waals surface area contributed by atoms with E-state index in [9.17, 15) is 4.79 Å². The first-order valence-electron chi connectivity index (χ1n) is 6.96. The Labute approximate surface area is 111 Å². The number of hydrogen-bond acceptors (Lipinski definition) is 2. The highest BCUT2D eigenvalue weighted by Gasteiger charge is 2.54. The van der Waals surface area contributed by atoms with Crippen LogP contribution in [0.3, 0.4) is 0 Å². The van der Waals surface area contributed by atoms with Crippen molar-refractivity contribution in [2.75, 3.05) is 0 Å². The highest BCUT2D eigenvalue weighted by atomic mass is 16.3. The van der Waals surface area contributed by atoms with E-state index in [1.165, 1.54) is 17.4 Å². The summed E-state index contributed by atoms with van der Waals surface area (Å²) in [5, 5.41) is 1.22. The zero-order chi connectivity index (χ0) is 13.0. The van der Waals surface area contributed by atoms with Crippen molar-refractivity contribution in [1.82, 2.24) is 0 Å². The lowest BCUT2D eigenvalue weighted by molar-refractivity contribution is -0.123. The molecule has 2 aromatic rings. The summed E-state index contributed by atoms with van der Waals surface area (Å²) >= 11 is 0. The van der Waals surface area contributed by atoms with Gasteiger partial charge in [0.15, 0.2) is 0 Å². The van der Waals surface area contributed by atoms with Crippen molar-refractivity contribution in [1.29, 1.82) is 0 Å². The van der Waals surface area contributed by atoms with Gasteiger partial charge < -0.3 is 10.2 Å². The topological polar surface area (TPSA) is 56.2 Å². The predicted octanol–water partition coefficient (Wildman–Crippen LogP) is 3.19. The highest BCUT2D eigenvalue weighted by molar-refractivity contribution is 5.84. The molecule has 0 saturated heterocycles. The normalized spacial score (nSPS) is 27.4. The van der Waals surface area contributed by atoms with Gasteiger partial charge in [-0.1, -0.05) is 12.1 Å². The first kappa shape index (κ1) is 11.1. The van der Waals surface area contributed by atoms with Crippen LogP contribution in [0.5, 0.6) is 0 Å². The van der Waals surface area contributed by atoms with Crippen LogP contribution in [-0.4, -0.2) is 5.91 Å². The molecule has 0 radical (unpaired) electrons. The Morgan fingerprint density at radius 1 is 1.37 bits per heavy atom. The highest BCUT2D eigenvalue weighted by Crippen LogP contribution is 2.60. The number of fused-ring (bicyclic) bond motifs is 1. The van der Waals surface area contributed by atoms with Gasteiger partial charge in [-0.3, -0.25) is 4.79 Å². The maximum Gasteiger partial charge on any atom is 0.223 e. The summed E-state index contributed by atoms with van der Waals surface area (Å²) in [7, 11) is 0. The minimum absolute atomic E-state index is 0.0975. The van der Waals surface area contributed by atoms with Gasteiger partial charge in [0, 0.05) is 10.8 Å². The summed E-state index contributed by atoms with van der Waals surface area (Å²) in [4.78, 5) is 11.5. The van der Waals surface area contributed by atoms with Gasteiger partial charge >= 0.3 is 0 Å². The molecule has 2 saturated carbocycles. The summed E-state index contributed by atoms with van der Waals surface area (Å²) < 4.78 is 5.45. The Bertz CT molecular complexity index is 654. The zero-order valence-corrected chi connectivity index (χ0v) is 10.8. The lowest BCUT2D eigenvalue weighted by Gasteiger charge is -2.10. The molecular weight excluding hydrogens is 238 g/mol. The number of rotatable bonds is 4. The number of hydrogen-bond donors (Lipinski definition) is 1. The molecule has 3 nitrogen and oxygen atoms in total. The lowest BCUT2D eigenvalue weighted by atomic mass is 9.95. The Morgan fingerprint density at radius 3 is 2.95 bits per heavy atom. The number of nitrogens with two attached hydrogens (primary N) is 1. The summed E-state index contributed by atoms with van der Waals surface area (Å²) in [6.45, 7) is 0. The smallest absolute Gasteiger partial charge is 0.223 e. The van der Waals surface area contributed by atoms with Crippen molar-refractivity contribution in [3.63, 3.8) is 0 Å². The van der Waals surface area contributed by atoms with Crippen LogP contribution in [0.4, 0.5) is 0 Å². The second kappa shape index (κ2) is 3.62. The summed E-state index contributed by atoms with van der Waals surface area (Å²) in [6.07, 6.45) is 5.88. The minimum atomic E-state index is -0.163. The van der Waals surface area contributed by atoms with E-state index < -0.39 is 0 Å². The Kier molecular flexibility index (Phi) is 2.12. The molecule has 1 amide bonds. The molecule has 1 aromatic heterocycles. The van der Waals surface area contributed by atoms with Crippen LogP contribution in [0.1, 0.15) is 37.2 Å². The van der Waals surface area contributed by atoms with Crippen molar-refractivity contribution >= 4 is 16.9 Å². The largest absolute Gasteiger partial charge is 0.464 e. The third-order valence-corrected chi connectivity index (χ3v) is 4.88. The molecule has 0 aliphatic heterocycles. The van der Waals surface area contributed by atoms with Crippen LogP contribution < -0.4 is 5.73 Å². The molecule has 1 heterocycles. The van der Waals surface area contributed by atoms with Crippen LogP contribution in [0.25, 0.3) is 11.0 Å². The van der Waals surface area contributed by atoms with E-state index in [2.05, 4.69) is 12.1 Å². The molecule has 0 spiro atoms. The molecule has 2 aliphatic rings.